The number of rotatable bonds is 6. The highest BCUT2D eigenvalue weighted by Crippen LogP contribution is 2.28. The number of amides is 1. The number of carbonyl (C=O) groups is 1. The minimum absolute atomic E-state index is 0.235. The first-order valence-corrected chi connectivity index (χ1v) is 12.2. The number of nitrogens with zero attached hydrogens (tertiary/aromatic N) is 2. The fourth-order valence-corrected chi connectivity index (χ4v) is 4.26. The summed E-state index contributed by atoms with van der Waals surface area (Å²) < 4.78 is 1.85. The predicted octanol–water partition coefficient (Wildman–Crippen LogP) is 7.89. The molecule has 5 aromatic rings. The lowest BCUT2D eigenvalue weighted by Gasteiger charge is -2.09. The third-order valence-electron chi connectivity index (χ3n) is 6.31. The van der Waals surface area contributed by atoms with Gasteiger partial charge in [0.15, 0.2) is 5.69 Å². The number of benzene rings is 4. The standard InChI is InChI=1S/C32H29N3O/c1-22(2)24-16-18-28(19-17-24)33-32(36)30-21-31(35(34-30)29-11-7-8-23(3)20-29)27-14-12-26(13-15-27)25-9-5-4-6-10-25/h4-22H,1-3H3,(H,33,36). The second-order valence-electron chi connectivity index (χ2n) is 9.34. The monoisotopic (exact) mass is 471 g/mol. The number of aryl methyl sites for hydroxylation is 1. The van der Waals surface area contributed by atoms with E-state index < -0.39 is 0 Å². The summed E-state index contributed by atoms with van der Waals surface area (Å²) in [6, 6.07) is 36.6. The lowest BCUT2D eigenvalue weighted by atomic mass is 10.0. The summed E-state index contributed by atoms with van der Waals surface area (Å²) in [4.78, 5) is 13.2. The summed E-state index contributed by atoms with van der Waals surface area (Å²) in [6.07, 6.45) is 0. The smallest absolute Gasteiger partial charge is 0.276 e. The van der Waals surface area contributed by atoms with Crippen LogP contribution in [-0.2, 0) is 0 Å². The Hall–Kier alpha value is -4.44. The van der Waals surface area contributed by atoms with Gasteiger partial charge in [-0.3, -0.25) is 4.79 Å². The first-order valence-electron chi connectivity index (χ1n) is 12.2. The molecule has 0 atom stereocenters. The van der Waals surface area contributed by atoms with Gasteiger partial charge in [0, 0.05) is 11.3 Å². The number of hydrogen-bond acceptors (Lipinski definition) is 2. The van der Waals surface area contributed by atoms with Gasteiger partial charge in [-0.25, -0.2) is 4.68 Å². The number of anilines is 1. The Morgan fingerprint density at radius 3 is 2.08 bits per heavy atom. The van der Waals surface area contributed by atoms with Crippen molar-refractivity contribution < 1.29 is 4.79 Å². The first-order chi connectivity index (χ1) is 17.5. The molecule has 4 nitrogen and oxygen atoms in total. The van der Waals surface area contributed by atoms with Gasteiger partial charge in [-0.05, 0) is 65.4 Å². The first kappa shape index (κ1) is 23.3. The van der Waals surface area contributed by atoms with E-state index in [-0.39, 0.29) is 5.91 Å². The van der Waals surface area contributed by atoms with E-state index in [0.717, 1.165) is 33.8 Å². The molecule has 1 amide bonds. The number of carbonyl (C=O) groups excluding carboxylic acids is 1. The molecule has 0 fully saturated rings. The van der Waals surface area contributed by atoms with Crippen LogP contribution in [0.4, 0.5) is 5.69 Å². The summed E-state index contributed by atoms with van der Waals surface area (Å²) in [6.45, 7) is 6.36. The molecule has 0 aliphatic carbocycles. The molecule has 4 aromatic carbocycles. The van der Waals surface area contributed by atoms with Crippen LogP contribution < -0.4 is 5.32 Å². The van der Waals surface area contributed by atoms with Crippen LogP contribution in [0.1, 0.15) is 41.4 Å². The quantitative estimate of drug-likeness (QED) is 0.274. The molecule has 178 valence electrons. The van der Waals surface area contributed by atoms with E-state index in [1.54, 1.807) is 0 Å². The Kier molecular flexibility index (Phi) is 6.50. The molecule has 0 saturated carbocycles. The van der Waals surface area contributed by atoms with Crippen LogP contribution in [0.2, 0.25) is 0 Å². The van der Waals surface area contributed by atoms with Crippen molar-refractivity contribution in [2.75, 3.05) is 5.32 Å². The highest BCUT2D eigenvalue weighted by molar-refractivity contribution is 6.03. The van der Waals surface area contributed by atoms with Crippen molar-refractivity contribution in [1.29, 1.82) is 0 Å². The summed E-state index contributed by atoms with van der Waals surface area (Å²) in [7, 11) is 0. The largest absolute Gasteiger partial charge is 0.321 e. The molecule has 1 N–H and O–H groups in total. The lowest BCUT2D eigenvalue weighted by Crippen LogP contribution is -2.13. The van der Waals surface area contributed by atoms with E-state index in [0.29, 0.717) is 11.6 Å². The van der Waals surface area contributed by atoms with E-state index in [9.17, 15) is 4.79 Å². The second-order valence-corrected chi connectivity index (χ2v) is 9.34. The van der Waals surface area contributed by atoms with Crippen molar-refractivity contribution in [2.24, 2.45) is 0 Å². The van der Waals surface area contributed by atoms with E-state index >= 15 is 0 Å². The Bertz CT molecular complexity index is 1480. The molecule has 0 unspecified atom stereocenters. The van der Waals surface area contributed by atoms with E-state index in [2.05, 4.69) is 74.6 Å². The molecule has 0 aliphatic rings. The van der Waals surface area contributed by atoms with Gasteiger partial charge >= 0.3 is 0 Å². The molecular weight excluding hydrogens is 442 g/mol. The van der Waals surface area contributed by atoms with Gasteiger partial charge in [0.1, 0.15) is 0 Å². The van der Waals surface area contributed by atoms with Gasteiger partial charge in [0.25, 0.3) is 5.91 Å². The average Bonchev–Trinajstić information content (AvgIpc) is 3.35. The summed E-state index contributed by atoms with van der Waals surface area (Å²) in [5.74, 6) is 0.205. The van der Waals surface area contributed by atoms with Crippen LogP contribution in [0.5, 0.6) is 0 Å². The molecule has 0 aliphatic heterocycles. The van der Waals surface area contributed by atoms with Gasteiger partial charge in [-0.15, -0.1) is 0 Å². The molecule has 1 heterocycles. The van der Waals surface area contributed by atoms with Crippen molar-refractivity contribution in [1.82, 2.24) is 9.78 Å². The van der Waals surface area contributed by atoms with Gasteiger partial charge in [-0.2, -0.15) is 5.10 Å². The SMILES string of the molecule is Cc1cccc(-n2nc(C(=O)Nc3ccc(C(C)C)cc3)cc2-c2ccc(-c3ccccc3)cc2)c1. The van der Waals surface area contributed by atoms with Crippen molar-refractivity contribution >= 4 is 11.6 Å². The van der Waals surface area contributed by atoms with Crippen LogP contribution in [0.15, 0.2) is 109 Å². The van der Waals surface area contributed by atoms with Gasteiger partial charge in [-0.1, -0.05) is 92.7 Å². The van der Waals surface area contributed by atoms with Crippen LogP contribution in [-0.4, -0.2) is 15.7 Å². The van der Waals surface area contributed by atoms with Crippen molar-refractivity contribution in [3.63, 3.8) is 0 Å². The van der Waals surface area contributed by atoms with E-state index in [1.807, 2.05) is 65.3 Å². The topological polar surface area (TPSA) is 46.9 Å². The molecular formula is C32H29N3O. The number of aromatic nitrogens is 2. The predicted molar refractivity (Wildman–Crippen MR) is 148 cm³/mol. The molecule has 0 saturated heterocycles. The Morgan fingerprint density at radius 1 is 0.750 bits per heavy atom. The molecule has 4 heteroatoms. The third kappa shape index (κ3) is 4.98. The van der Waals surface area contributed by atoms with Gasteiger partial charge in [0.05, 0.1) is 11.4 Å². The van der Waals surface area contributed by atoms with Crippen molar-refractivity contribution in [2.45, 2.75) is 26.7 Å². The number of nitrogens with one attached hydrogen (secondary N) is 1. The van der Waals surface area contributed by atoms with E-state index in [1.165, 1.54) is 11.1 Å². The molecule has 0 bridgehead atoms. The molecule has 5 rings (SSSR count). The zero-order chi connectivity index (χ0) is 25.1. The normalized spacial score (nSPS) is 11.0. The fourth-order valence-electron chi connectivity index (χ4n) is 4.26. The highest BCUT2D eigenvalue weighted by Gasteiger charge is 2.17. The second kappa shape index (κ2) is 10.0. The van der Waals surface area contributed by atoms with Crippen LogP contribution in [0.3, 0.4) is 0 Å². The van der Waals surface area contributed by atoms with Gasteiger partial charge < -0.3 is 5.32 Å². The van der Waals surface area contributed by atoms with Gasteiger partial charge in [0.2, 0.25) is 0 Å². The minimum Gasteiger partial charge on any atom is -0.321 e. The van der Waals surface area contributed by atoms with E-state index in [4.69, 9.17) is 5.10 Å². The minimum atomic E-state index is -0.235. The van der Waals surface area contributed by atoms with Crippen LogP contribution in [0, 0.1) is 6.92 Å². The average molecular weight is 472 g/mol. The Balaban J connectivity index is 1.50. The molecule has 0 spiro atoms. The highest BCUT2D eigenvalue weighted by atomic mass is 16.1. The zero-order valence-corrected chi connectivity index (χ0v) is 20.8. The number of hydrogen-bond donors (Lipinski definition) is 1. The Morgan fingerprint density at radius 2 is 1.42 bits per heavy atom. The van der Waals surface area contributed by atoms with Crippen LogP contribution in [0.25, 0.3) is 28.1 Å². The summed E-state index contributed by atoms with van der Waals surface area (Å²) in [5.41, 5.74) is 8.56. The Labute approximate surface area is 212 Å². The maximum Gasteiger partial charge on any atom is 0.276 e. The zero-order valence-electron chi connectivity index (χ0n) is 20.8. The third-order valence-corrected chi connectivity index (χ3v) is 6.31. The van der Waals surface area contributed by atoms with Crippen molar-refractivity contribution in [3.05, 3.63) is 126 Å². The summed E-state index contributed by atoms with van der Waals surface area (Å²) in [5, 5.41) is 7.72. The maximum atomic E-state index is 13.2. The fraction of sp³-hybridized carbons (Fsp3) is 0.125. The van der Waals surface area contributed by atoms with Crippen LogP contribution >= 0.6 is 0 Å². The van der Waals surface area contributed by atoms with Crippen molar-refractivity contribution in [3.8, 4) is 28.1 Å². The lowest BCUT2D eigenvalue weighted by molar-refractivity contribution is 0.102. The molecule has 1 aromatic heterocycles. The molecule has 0 radical (unpaired) electrons. The molecule has 36 heavy (non-hydrogen) atoms. The maximum absolute atomic E-state index is 13.2. The summed E-state index contributed by atoms with van der Waals surface area (Å²) >= 11 is 0.